The Kier molecular flexibility index (Phi) is 5.57. The molecule has 0 unspecified atom stereocenters. The van der Waals surface area contributed by atoms with Gasteiger partial charge in [-0.3, -0.25) is 9.78 Å². The van der Waals surface area contributed by atoms with Gasteiger partial charge in [-0.1, -0.05) is 24.3 Å². The Bertz CT molecular complexity index is 1050. The molecule has 2 aromatic carbocycles. The molecule has 1 aliphatic rings. The van der Waals surface area contributed by atoms with Crippen molar-refractivity contribution >= 4 is 5.95 Å². The second-order valence-electron chi connectivity index (χ2n) is 7.15. The number of aromatic amines is 1. The molecule has 2 heterocycles. The van der Waals surface area contributed by atoms with Crippen LogP contribution in [0.15, 0.2) is 59.4 Å². The van der Waals surface area contributed by atoms with E-state index in [1.165, 1.54) is 12.1 Å². The molecule has 0 amide bonds. The first kappa shape index (κ1) is 19.1. The minimum atomic E-state index is -0.294. The fourth-order valence-corrected chi connectivity index (χ4v) is 3.79. The highest BCUT2D eigenvalue weighted by Crippen LogP contribution is 2.36. The Balaban J connectivity index is 1.56. The van der Waals surface area contributed by atoms with Gasteiger partial charge in [-0.2, -0.15) is 0 Å². The van der Waals surface area contributed by atoms with Crippen molar-refractivity contribution in [1.82, 2.24) is 15.3 Å². The molecule has 6 nitrogen and oxygen atoms in total. The van der Waals surface area contributed by atoms with E-state index in [4.69, 9.17) is 4.74 Å². The average molecular weight is 394 g/mol. The van der Waals surface area contributed by atoms with Crippen LogP contribution in [0, 0.1) is 5.82 Å². The van der Waals surface area contributed by atoms with Crippen LogP contribution in [-0.4, -0.2) is 30.2 Å². The Morgan fingerprint density at radius 2 is 1.97 bits per heavy atom. The molecule has 4 rings (SSSR count). The van der Waals surface area contributed by atoms with Crippen molar-refractivity contribution < 1.29 is 9.13 Å². The summed E-state index contributed by atoms with van der Waals surface area (Å²) in [5.41, 5.74) is 2.44. The summed E-state index contributed by atoms with van der Waals surface area (Å²) in [5.74, 6) is 1.16. The minimum absolute atomic E-state index is 0.0686. The van der Waals surface area contributed by atoms with Crippen LogP contribution >= 0.6 is 0 Å². The van der Waals surface area contributed by atoms with Crippen molar-refractivity contribution in [1.29, 1.82) is 0 Å². The third kappa shape index (κ3) is 4.46. The van der Waals surface area contributed by atoms with Gasteiger partial charge in [0, 0.05) is 37.5 Å². The van der Waals surface area contributed by atoms with Gasteiger partial charge in [0.15, 0.2) is 0 Å². The number of halogens is 1. The van der Waals surface area contributed by atoms with Crippen LogP contribution < -0.4 is 20.9 Å². The van der Waals surface area contributed by atoms with Crippen LogP contribution in [0.3, 0.4) is 0 Å². The van der Waals surface area contributed by atoms with Crippen molar-refractivity contribution in [3.8, 4) is 5.75 Å². The van der Waals surface area contributed by atoms with Gasteiger partial charge >= 0.3 is 0 Å². The van der Waals surface area contributed by atoms with Crippen molar-refractivity contribution in [3.05, 3.63) is 87.6 Å². The quantitative estimate of drug-likeness (QED) is 0.599. The Morgan fingerprint density at radius 1 is 1.14 bits per heavy atom. The summed E-state index contributed by atoms with van der Waals surface area (Å²) >= 11 is 0. The summed E-state index contributed by atoms with van der Waals surface area (Å²) in [6.45, 7) is 1.91. The van der Waals surface area contributed by atoms with Gasteiger partial charge in [0.25, 0.3) is 5.56 Å². The molecule has 3 N–H and O–H groups in total. The maximum Gasteiger partial charge on any atom is 0.252 e. The number of rotatable bonds is 6. The standard InChI is InChI=1S/C22H23FN4O2/c1-29-17-7-3-5-15(9-17)18-12-24-13-19(18)20-10-21(28)27-22(26-20)25-11-14-4-2-6-16(23)8-14/h2-10,18-19,24H,11-13H2,1H3,(H2,25,26,27,28)/t18-,19+/m0/s1. The third-order valence-electron chi connectivity index (χ3n) is 5.23. The SMILES string of the molecule is COc1cccc([C@@H]2CNC[C@H]2c2cc(=O)[nH]c(NCc3cccc(F)c3)n2)c1. The Hall–Kier alpha value is -3.19. The molecule has 0 spiro atoms. The van der Waals surface area contributed by atoms with E-state index in [0.717, 1.165) is 35.7 Å². The van der Waals surface area contributed by atoms with Crippen LogP contribution in [0.4, 0.5) is 10.3 Å². The maximum atomic E-state index is 13.4. The number of H-pyrrole nitrogens is 1. The molecule has 0 radical (unpaired) electrons. The molecule has 0 aliphatic carbocycles. The molecule has 0 bridgehead atoms. The smallest absolute Gasteiger partial charge is 0.252 e. The summed E-state index contributed by atoms with van der Waals surface area (Å²) < 4.78 is 18.7. The second kappa shape index (κ2) is 8.45. The number of ether oxygens (including phenoxy) is 1. The zero-order valence-corrected chi connectivity index (χ0v) is 16.1. The van der Waals surface area contributed by atoms with Crippen LogP contribution in [-0.2, 0) is 6.54 Å². The summed E-state index contributed by atoms with van der Waals surface area (Å²) in [6.07, 6.45) is 0. The van der Waals surface area contributed by atoms with Crippen molar-refractivity contribution in [2.45, 2.75) is 18.4 Å². The molecule has 1 fully saturated rings. The molecular formula is C22H23FN4O2. The first-order chi connectivity index (χ1) is 14.1. The van der Waals surface area contributed by atoms with E-state index in [0.29, 0.717) is 12.5 Å². The number of hydrogen-bond donors (Lipinski definition) is 3. The number of anilines is 1. The van der Waals surface area contributed by atoms with E-state index in [1.54, 1.807) is 19.2 Å². The van der Waals surface area contributed by atoms with Gasteiger partial charge in [-0.15, -0.1) is 0 Å². The van der Waals surface area contributed by atoms with E-state index in [-0.39, 0.29) is 23.2 Å². The maximum absolute atomic E-state index is 13.4. The van der Waals surface area contributed by atoms with Gasteiger partial charge in [0.2, 0.25) is 5.95 Å². The normalized spacial score (nSPS) is 18.6. The molecule has 7 heteroatoms. The lowest BCUT2D eigenvalue weighted by Crippen LogP contribution is -2.18. The predicted octanol–water partition coefficient (Wildman–Crippen LogP) is 3.00. The van der Waals surface area contributed by atoms with Crippen LogP contribution in [0.25, 0.3) is 0 Å². The number of aromatic nitrogens is 2. The monoisotopic (exact) mass is 394 g/mol. The molecule has 29 heavy (non-hydrogen) atoms. The highest BCUT2D eigenvalue weighted by molar-refractivity contribution is 5.36. The van der Waals surface area contributed by atoms with Gasteiger partial charge in [0.1, 0.15) is 11.6 Å². The molecule has 1 aromatic heterocycles. The number of benzene rings is 2. The zero-order chi connectivity index (χ0) is 20.2. The molecule has 1 aliphatic heterocycles. The van der Waals surface area contributed by atoms with Crippen molar-refractivity contribution in [2.24, 2.45) is 0 Å². The van der Waals surface area contributed by atoms with Gasteiger partial charge in [-0.05, 0) is 35.4 Å². The lowest BCUT2D eigenvalue weighted by molar-refractivity contribution is 0.413. The van der Waals surface area contributed by atoms with Gasteiger partial charge in [0.05, 0.1) is 12.8 Å². The number of nitrogens with zero attached hydrogens (tertiary/aromatic N) is 1. The lowest BCUT2D eigenvalue weighted by atomic mass is 9.86. The highest BCUT2D eigenvalue weighted by atomic mass is 19.1. The molecule has 1 saturated heterocycles. The van der Waals surface area contributed by atoms with Crippen LogP contribution in [0.1, 0.15) is 28.7 Å². The van der Waals surface area contributed by atoms with E-state index < -0.39 is 0 Å². The van der Waals surface area contributed by atoms with Crippen molar-refractivity contribution in [3.63, 3.8) is 0 Å². The van der Waals surface area contributed by atoms with E-state index in [9.17, 15) is 9.18 Å². The van der Waals surface area contributed by atoms with Gasteiger partial charge in [-0.25, -0.2) is 9.37 Å². The fraction of sp³-hybridized carbons (Fsp3) is 0.273. The number of methoxy groups -OCH3 is 1. The fourth-order valence-electron chi connectivity index (χ4n) is 3.79. The van der Waals surface area contributed by atoms with E-state index in [2.05, 4.69) is 26.7 Å². The predicted molar refractivity (Wildman–Crippen MR) is 110 cm³/mol. The first-order valence-electron chi connectivity index (χ1n) is 9.56. The van der Waals surface area contributed by atoms with Crippen LogP contribution in [0.2, 0.25) is 0 Å². The van der Waals surface area contributed by atoms with E-state index in [1.807, 2.05) is 24.3 Å². The molecule has 3 aromatic rings. The van der Waals surface area contributed by atoms with Gasteiger partial charge < -0.3 is 15.4 Å². The molecule has 150 valence electrons. The van der Waals surface area contributed by atoms with E-state index >= 15 is 0 Å². The Labute approximate surface area is 168 Å². The van der Waals surface area contributed by atoms with Crippen LogP contribution in [0.5, 0.6) is 5.75 Å². The average Bonchev–Trinajstić information content (AvgIpc) is 3.22. The first-order valence-corrected chi connectivity index (χ1v) is 9.56. The minimum Gasteiger partial charge on any atom is -0.497 e. The largest absolute Gasteiger partial charge is 0.497 e. The summed E-state index contributed by atoms with van der Waals surface area (Å²) in [6, 6.07) is 15.9. The number of nitrogens with one attached hydrogen (secondary N) is 3. The summed E-state index contributed by atoms with van der Waals surface area (Å²) in [4.78, 5) is 19.6. The molecular weight excluding hydrogens is 371 g/mol. The topological polar surface area (TPSA) is 79.0 Å². The Morgan fingerprint density at radius 3 is 2.79 bits per heavy atom. The zero-order valence-electron chi connectivity index (χ0n) is 16.1. The highest BCUT2D eigenvalue weighted by Gasteiger charge is 2.31. The van der Waals surface area contributed by atoms with Crippen molar-refractivity contribution in [2.75, 3.05) is 25.5 Å². The third-order valence-corrected chi connectivity index (χ3v) is 5.23. The number of hydrogen-bond acceptors (Lipinski definition) is 5. The summed E-state index contributed by atoms with van der Waals surface area (Å²) in [5, 5.41) is 6.50. The second-order valence-corrected chi connectivity index (χ2v) is 7.15. The lowest BCUT2D eigenvalue weighted by Gasteiger charge is -2.19. The summed E-state index contributed by atoms with van der Waals surface area (Å²) in [7, 11) is 1.65. The molecule has 0 saturated carbocycles. The molecule has 2 atom stereocenters.